The lowest BCUT2D eigenvalue weighted by Gasteiger charge is -2.22. The van der Waals surface area contributed by atoms with E-state index in [2.05, 4.69) is 11.2 Å². The lowest BCUT2D eigenvalue weighted by atomic mass is 9.81. The SMILES string of the molecule is Cn1nccc1CC(C#N)C(=O)C1CCCCC1. The maximum absolute atomic E-state index is 12.3. The number of ketones is 1. The van der Waals surface area contributed by atoms with Crippen LogP contribution in [-0.4, -0.2) is 15.6 Å². The fourth-order valence-corrected chi connectivity index (χ4v) is 2.69. The molecule has 0 N–H and O–H groups in total. The minimum Gasteiger partial charge on any atom is -0.298 e. The average Bonchev–Trinajstić information content (AvgIpc) is 2.81. The monoisotopic (exact) mass is 245 g/mol. The first-order chi connectivity index (χ1) is 8.72. The highest BCUT2D eigenvalue weighted by atomic mass is 16.1. The molecule has 4 heteroatoms. The standard InChI is InChI=1S/C14H19N3O/c1-17-13(7-8-16-17)9-12(10-15)14(18)11-5-3-2-4-6-11/h7-8,11-12H,2-6,9H2,1H3. The summed E-state index contributed by atoms with van der Waals surface area (Å²) in [5, 5.41) is 13.3. The molecule has 0 amide bonds. The van der Waals surface area contributed by atoms with E-state index in [9.17, 15) is 10.1 Å². The van der Waals surface area contributed by atoms with Crippen molar-refractivity contribution in [3.63, 3.8) is 0 Å². The number of carbonyl (C=O) groups is 1. The number of nitrogens with zero attached hydrogens (tertiary/aromatic N) is 3. The van der Waals surface area contributed by atoms with Gasteiger partial charge in [-0.25, -0.2) is 0 Å². The fourth-order valence-electron chi connectivity index (χ4n) is 2.69. The van der Waals surface area contributed by atoms with Gasteiger partial charge in [-0.2, -0.15) is 10.4 Å². The van der Waals surface area contributed by atoms with Crippen molar-refractivity contribution in [3.05, 3.63) is 18.0 Å². The van der Waals surface area contributed by atoms with E-state index in [0.717, 1.165) is 31.4 Å². The van der Waals surface area contributed by atoms with Crippen molar-refractivity contribution in [1.29, 1.82) is 5.26 Å². The average molecular weight is 245 g/mol. The molecule has 0 saturated heterocycles. The molecule has 1 aromatic rings. The Hall–Kier alpha value is -1.63. The third-order valence-corrected chi connectivity index (χ3v) is 3.84. The van der Waals surface area contributed by atoms with E-state index in [-0.39, 0.29) is 11.7 Å². The Morgan fingerprint density at radius 2 is 2.28 bits per heavy atom. The van der Waals surface area contributed by atoms with Gasteiger partial charge in [0.25, 0.3) is 0 Å². The topological polar surface area (TPSA) is 58.7 Å². The zero-order chi connectivity index (χ0) is 13.0. The summed E-state index contributed by atoms with van der Waals surface area (Å²) in [6.45, 7) is 0. The molecular formula is C14H19N3O. The predicted molar refractivity (Wildman–Crippen MR) is 67.6 cm³/mol. The van der Waals surface area contributed by atoms with E-state index in [4.69, 9.17) is 0 Å². The van der Waals surface area contributed by atoms with Crippen molar-refractivity contribution in [2.75, 3.05) is 0 Å². The Balaban J connectivity index is 2.02. The van der Waals surface area contributed by atoms with Crippen molar-refractivity contribution in [2.45, 2.75) is 38.5 Å². The molecule has 0 radical (unpaired) electrons. The van der Waals surface area contributed by atoms with Crippen LogP contribution >= 0.6 is 0 Å². The number of hydrogen-bond acceptors (Lipinski definition) is 3. The van der Waals surface area contributed by atoms with Crippen LogP contribution in [0, 0.1) is 23.2 Å². The Morgan fingerprint density at radius 3 is 2.83 bits per heavy atom. The molecule has 0 bridgehead atoms. The van der Waals surface area contributed by atoms with E-state index >= 15 is 0 Å². The number of aromatic nitrogens is 2. The minimum atomic E-state index is -0.511. The molecule has 0 aromatic carbocycles. The van der Waals surface area contributed by atoms with Gasteiger partial charge >= 0.3 is 0 Å². The molecule has 0 aliphatic heterocycles. The van der Waals surface area contributed by atoms with Crippen molar-refractivity contribution in [2.24, 2.45) is 18.9 Å². The first-order valence-electron chi connectivity index (χ1n) is 6.62. The first-order valence-corrected chi connectivity index (χ1v) is 6.62. The van der Waals surface area contributed by atoms with E-state index in [1.165, 1.54) is 6.42 Å². The zero-order valence-electron chi connectivity index (χ0n) is 10.8. The number of aryl methyl sites for hydroxylation is 1. The van der Waals surface area contributed by atoms with Crippen LogP contribution in [-0.2, 0) is 18.3 Å². The van der Waals surface area contributed by atoms with Gasteiger partial charge in [0.1, 0.15) is 5.92 Å². The number of rotatable bonds is 4. The van der Waals surface area contributed by atoms with Crippen LogP contribution in [0.4, 0.5) is 0 Å². The minimum absolute atomic E-state index is 0.108. The number of carbonyl (C=O) groups excluding carboxylic acids is 1. The van der Waals surface area contributed by atoms with Crippen LogP contribution < -0.4 is 0 Å². The molecule has 18 heavy (non-hydrogen) atoms. The molecule has 1 heterocycles. The van der Waals surface area contributed by atoms with E-state index in [1.807, 2.05) is 13.1 Å². The van der Waals surface area contributed by atoms with Crippen LogP contribution in [0.15, 0.2) is 12.3 Å². The van der Waals surface area contributed by atoms with Gasteiger partial charge in [0.15, 0.2) is 5.78 Å². The molecule has 1 saturated carbocycles. The van der Waals surface area contributed by atoms with Gasteiger partial charge in [0.05, 0.1) is 6.07 Å². The third kappa shape index (κ3) is 2.79. The van der Waals surface area contributed by atoms with Crippen LogP contribution in [0.1, 0.15) is 37.8 Å². The second kappa shape index (κ2) is 5.81. The van der Waals surface area contributed by atoms with Crippen LogP contribution in [0.3, 0.4) is 0 Å². The quantitative estimate of drug-likeness (QED) is 0.817. The summed E-state index contributed by atoms with van der Waals surface area (Å²) in [5.41, 5.74) is 0.950. The highest BCUT2D eigenvalue weighted by molar-refractivity contribution is 5.85. The summed E-state index contributed by atoms with van der Waals surface area (Å²) >= 11 is 0. The zero-order valence-corrected chi connectivity index (χ0v) is 10.8. The fraction of sp³-hybridized carbons (Fsp3) is 0.643. The smallest absolute Gasteiger partial charge is 0.153 e. The summed E-state index contributed by atoms with van der Waals surface area (Å²) < 4.78 is 1.73. The molecule has 0 spiro atoms. The van der Waals surface area contributed by atoms with E-state index in [1.54, 1.807) is 10.9 Å². The second-order valence-corrected chi connectivity index (χ2v) is 5.07. The van der Waals surface area contributed by atoms with Gasteiger partial charge in [-0.1, -0.05) is 19.3 Å². The van der Waals surface area contributed by atoms with Gasteiger partial charge in [-0.15, -0.1) is 0 Å². The highest BCUT2D eigenvalue weighted by Gasteiger charge is 2.28. The largest absolute Gasteiger partial charge is 0.298 e. The predicted octanol–water partition coefficient (Wildman–Crippen LogP) is 2.25. The third-order valence-electron chi connectivity index (χ3n) is 3.84. The number of Topliss-reactive ketones (excluding diaryl/α,β-unsaturated/α-hetero) is 1. The maximum Gasteiger partial charge on any atom is 0.153 e. The van der Waals surface area contributed by atoms with E-state index in [0.29, 0.717) is 6.42 Å². The molecule has 1 aliphatic carbocycles. The normalized spacial score (nSPS) is 18.2. The van der Waals surface area contributed by atoms with Crippen LogP contribution in [0.2, 0.25) is 0 Å². The first kappa shape index (κ1) is 12.8. The summed E-state index contributed by atoms with van der Waals surface area (Å²) in [6, 6.07) is 4.05. The molecule has 1 atom stereocenters. The van der Waals surface area contributed by atoms with Gasteiger partial charge in [0.2, 0.25) is 0 Å². The van der Waals surface area contributed by atoms with Crippen molar-refractivity contribution in [3.8, 4) is 6.07 Å². The van der Waals surface area contributed by atoms with Crippen LogP contribution in [0.5, 0.6) is 0 Å². The Labute approximate surface area is 108 Å². The lowest BCUT2D eigenvalue weighted by molar-refractivity contribution is -0.126. The van der Waals surface area contributed by atoms with E-state index < -0.39 is 5.92 Å². The molecule has 1 fully saturated rings. The van der Waals surface area contributed by atoms with Crippen molar-refractivity contribution >= 4 is 5.78 Å². The van der Waals surface area contributed by atoms with Crippen LogP contribution in [0.25, 0.3) is 0 Å². The Bertz CT molecular complexity index is 452. The molecule has 2 rings (SSSR count). The lowest BCUT2D eigenvalue weighted by Crippen LogP contribution is -2.26. The molecular weight excluding hydrogens is 226 g/mol. The summed E-state index contributed by atoms with van der Waals surface area (Å²) in [5.74, 6) is -0.265. The highest BCUT2D eigenvalue weighted by Crippen LogP contribution is 2.27. The van der Waals surface area contributed by atoms with Gasteiger partial charge in [-0.3, -0.25) is 9.48 Å². The molecule has 4 nitrogen and oxygen atoms in total. The van der Waals surface area contributed by atoms with Gasteiger partial charge in [0, 0.05) is 31.3 Å². The summed E-state index contributed by atoms with van der Waals surface area (Å²) in [4.78, 5) is 12.3. The Kier molecular flexibility index (Phi) is 4.14. The number of nitriles is 1. The molecule has 96 valence electrons. The van der Waals surface area contributed by atoms with Crippen molar-refractivity contribution in [1.82, 2.24) is 9.78 Å². The Morgan fingerprint density at radius 1 is 1.56 bits per heavy atom. The molecule has 1 aromatic heterocycles. The number of hydrogen-bond donors (Lipinski definition) is 0. The summed E-state index contributed by atoms with van der Waals surface area (Å²) in [7, 11) is 1.84. The molecule has 1 unspecified atom stereocenters. The maximum atomic E-state index is 12.3. The second-order valence-electron chi connectivity index (χ2n) is 5.07. The molecule has 1 aliphatic rings. The summed E-state index contributed by atoms with van der Waals surface area (Å²) in [6.07, 6.45) is 7.59. The van der Waals surface area contributed by atoms with Gasteiger partial charge in [-0.05, 0) is 18.9 Å². The van der Waals surface area contributed by atoms with Gasteiger partial charge < -0.3 is 0 Å². The van der Waals surface area contributed by atoms with Crippen molar-refractivity contribution < 1.29 is 4.79 Å².